The highest BCUT2D eigenvalue weighted by molar-refractivity contribution is 5.78. The number of nitrogens with zero attached hydrogens (tertiary/aromatic N) is 1. The summed E-state index contributed by atoms with van der Waals surface area (Å²) in [6, 6.07) is 7.90. The molecule has 1 aromatic carbocycles. The topological polar surface area (TPSA) is 41.6 Å². The predicted octanol–water partition coefficient (Wildman–Crippen LogP) is 4.01. The van der Waals surface area contributed by atoms with Gasteiger partial charge >= 0.3 is 5.97 Å². The van der Waals surface area contributed by atoms with Gasteiger partial charge in [-0.25, -0.2) is 0 Å². The molecule has 4 nitrogen and oxygen atoms in total. The van der Waals surface area contributed by atoms with E-state index in [1.54, 1.807) is 0 Å². The molecule has 2 atom stereocenters. The van der Waals surface area contributed by atoms with E-state index in [4.69, 9.17) is 4.74 Å². The molecular formula is C19H30N2O2. The second-order valence-corrected chi connectivity index (χ2v) is 5.91. The Kier molecular flexibility index (Phi) is 7.83. The number of hydrogen-bond acceptors (Lipinski definition) is 4. The van der Waals surface area contributed by atoms with Crippen LogP contribution in [0.5, 0.6) is 0 Å². The van der Waals surface area contributed by atoms with Crippen molar-refractivity contribution in [1.29, 1.82) is 0 Å². The van der Waals surface area contributed by atoms with Crippen LogP contribution < -0.4 is 5.32 Å². The molecule has 0 fully saturated rings. The van der Waals surface area contributed by atoms with E-state index >= 15 is 0 Å². The number of ether oxygens (including phenoxy) is 1. The van der Waals surface area contributed by atoms with Gasteiger partial charge in [-0.05, 0) is 51.6 Å². The minimum atomic E-state index is -0.275. The van der Waals surface area contributed by atoms with Gasteiger partial charge in [-0.3, -0.25) is 9.69 Å². The minimum Gasteiger partial charge on any atom is -0.446 e. The molecule has 4 heteroatoms. The van der Waals surface area contributed by atoms with Gasteiger partial charge in [0, 0.05) is 12.2 Å². The summed E-state index contributed by atoms with van der Waals surface area (Å²) in [5.41, 5.74) is 3.06. The minimum absolute atomic E-state index is 0.188. The highest BCUT2D eigenvalue weighted by atomic mass is 16.6. The van der Waals surface area contributed by atoms with Gasteiger partial charge < -0.3 is 10.1 Å². The van der Waals surface area contributed by atoms with Crippen LogP contribution >= 0.6 is 0 Å². The third-order valence-corrected chi connectivity index (χ3v) is 3.97. The van der Waals surface area contributed by atoms with Crippen molar-refractivity contribution < 1.29 is 9.53 Å². The van der Waals surface area contributed by atoms with Crippen LogP contribution in [-0.4, -0.2) is 36.7 Å². The van der Waals surface area contributed by atoms with Gasteiger partial charge in [0.2, 0.25) is 0 Å². The summed E-state index contributed by atoms with van der Waals surface area (Å²) in [6.45, 7) is 16.3. The molecule has 0 heterocycles. The molecule has 1 rings (SSSR count). The number of carbonyl (C=O) groups is 1. The maximum absolute atomic E-state index is 12.3. The first-order valence-electron chi connectivity index (χ1n) is 8.31. The van der Waals surface area contributed by atoms with Crippen LogP contribution in [0.4, 0.5) is 5.69 Å². The van der Waals surface area contributed by atoms with Crippen LogP contribution in [0.15, 0.2) is 36.4 Å². The van der Waals surface area contributed by atoms with Crippen LogP contribution in [0.3, 0.4) is 0 Å². The van der Waals surface area contributed by atoms with Crippen molar-refractivity contribution in [3.63, 3.8) is 0 Å². The largest absolute Gasteiger partial charge is 0.446 e. The highest BCUT2D eigenvalue weighted by Gasteiger charge is 2.21. The van der Waals surface area contributed by atoms with Crippen molar-refractivity contribution in [1.82, 2.24) is 4.90 Å². The Balaban J connectivity index is 2.63. The molecule has 2 unspecified atom stereocenters. The molecule has 0 aromatic heterocycles. The summed E-state index contributed by atoms with van der Waals surface area (Å²) >= 11 is 0. The monoisotopic (exact) mass is 318 g/mol. The Morgan fingerprint density at radius 3 is 2.26 bits per heavy atom. The number of nitrogens with one attached hydrogen (secondary N) is 1. The van der Waals surface area contributed by atoms with Crippen molar-refractivity contribution in [2.75, 3.05) is 25.0 Å². The summed E-state index contributed by atoms with van der Waals surface area (Å²) in [5, 5.41) is 3.28. The fraction of sp³-hybridized carbons (Fsp3) is 0.526. The van der Waals surface area contributed by atoms with Crippen molar-refractivity contribution in [2.45, 2.75) is 46.8 Å². The van der Waals surface area contributed by atoms with E-state index in [-0.39, 0.29) is 18.1 Å². The Hall–Kier alpha value is -1.81. The van der Waals surface area contributed by atoms with Crippen molar-refractivity contribution in [3.8, 4) is 0 Å². The van der Waals surface area contributed by atoms with Crippen LogP contribution in [0.25, 0.3) is 0 Å². The zero-order valence-electron chi connectivity index (χ0n) is 15.1. The van der Waals surface area contributed by atoms with Gasteiger partial charge in [-0.15, -0.1) is 0 Å². The standard InChI is InChI=1S/C19H30N2O2/c1-7-21(8-2)16(6)23-19(22)15(5)17-9-11-18(12-10-17)20-13-14(3)4/h9-12,15-16,20H,3,7-8,13H2,1-2,4-6H3. The first-order chi connectivity index (χ1) is 10.9. The lowest BCUT2D eigenvalue weighted by Gasteiger charge is -2.27. The third-order valence-electron chi connectivity index (χ3n) is 3.97. The Morgan fingerprint density at radius 2 is 1.78 bits per heavy atom. The summed E-state index contributed by atoms with van der Waals surface area (Å²) in [5.74, 6) is -0.463. The molecule has 0 saturated heterocycles. The van der Waals surface area contributed by atoms with E-state index < -0.39 is 0 Å². The molecule has 0 spiro atoms. The summed E-state index contributed by atoms with van der Waals surface area (Å²) in [4.78, 5) is 14.4. The number of benzene rings is 1. The first kappa shape index (κ1) is 19.2. The lowest BCUT2D eigenvalue weighted by Crippen LogP contribution is -2.37. The lowest BCUT2D eigenvalue weighted by molar-refractivity contribution is -0.158. The first-order valence-corrected chi connectivity index (χ1v) is 8.31. The predicted molar refractivity (Wildman–Crippen MR) is 96.6 cm³/mol. The van der Waals surface area contributed by atoms with Gasteiger partial charge in [0.25, 0.3) is 0 Å². The number of anilines is 1. The van der Waals surface area contributed by atoms with E-state index in [1.807, 2.05) is 45.0 Å². The average Bonchev–Trinajstić information content (AvgIpc) is 2.53. The average molecular weight is 318 g/mol. The van der Waals surface area contributed by atoms with E-state index in [2.05, 4.69) is 30.6 Å². The van der Waals surface area contributed by atoms with E-state index in [9.17, 15) is 4.79 Å². The molecular weight excluding hydrogens is 288 g/mol. The molecule has 0 aliphatic rings. The molecule has 128 valence electrons. The molecule has 23 heavy (non-hydrogen) atoms. The molecule has 1 aromatic rings. The Bertz CT molecular complexity index is 507. The van der Waals surface area contributed by atoms with E-state index in [1.165, 1.54) is 0 Å². The molecule has 0 bridgehead atoms. The fourth-order valence-corrected chi connectivity index (χ4v) is 2.36. The van der Waals surface area contributed by atoms with Gasteiger partial charge in [0.15, 0.2) is 6.23 Å². The maximum Gasteiger partial charge on any atom is 0.314 e. The second-order valence-electron chi connectivity index (χ2n) is 5.91. The third kappa shape index (κ3) is 6.06. The summed E-state index contributed by atoms with van der Waals surface area (Å²) in [7, 11) is 0. The Labute approximate surface area is 140 Å². The molecule has 0 aliphatic heterocycles. The summed E-state index contributed by atoms with van der Waals surface area (Å²) < 4.78 is 5.58. The van der Waals surface area contributed by atoms with Crippen molar-refractivity contribution in [3.05, 3.63) is 42.0 Å². The number of carbonyl (C=O) groups excluding carboxylic acids is 1. The van der Waals surface area contributed by atoms with Gasteiger partial charge in [-0.2, -0.15) is 0 Å². The zero-order valence-corrected chi connectivity index (χ0v) is 15.1. The van der Waals surface area contributed by atoms with E-state index in [0.717, 1.165) is 36.5 Å². The summed E-state index contributed by atoms with van der Waals surface area (Å²) in [6.07, 6.45) is -0.198. The quantitative estimate of drug-likeness (QED) is 0.424. The van der Waals surface area contributed by atoms with Gasteiger partial charge in [-0.1, -0.05) is 38.1 Å². The molecule has 0 radical (unpaired) electrons. The highest BCUT2D eigenvalue weighted by Crippen LogP contribution is 2.20. The van der Waals surface area contributed by atoms with Crippen molar-refractivity contribution in [2.24, 2.45) is 0 Å². The van der Waals surface area contributed by atoms with Crippen LogP contribution in [0, 0.1) is 0 Å². The normalized spacial score (nSPS) is 13.5. The molecule has 1 N–H and O–H groups in total. The van der Waals surface area contributed by atoms with E-state index in [0.29, 0.717) is 0 Å². The van der Waals surface area contributed by atoms with Crippen LogP contribution in [0.1, 0.15) is 46.1 Å². The molecule has 0 saturated carbocycles. The van der Waals surface area contributed by atoms with Gasteiger partial charge in [0.05, 0.1) is 5.92 Å². The lowest BCUT2D eigenvalue weighted by atomic mass is 10.0. The smallest absolute Gasteiger partial charge is 0.314 e. The Morgan fingerprint density at radius 1 is 1.22 bits per heavy atom. The maximum atomic E-state index is 12.3. The van der Waals surface area contributed by atoms with Gasteiger partial charge in [0.1, 0.15) is 0 Å². The zero-order chi connectivity index (χ0) is 17.4. The SMILES string of the molecule is C=C(C)CNc1ccc(C(C)C(=O)OC(C)N(CC)CC)cc1. The molecule has 0 amide bonds. The fourth-order valence-electron chi connectivity index (χ4n) is 2.36. The second kappa shape index (κ2) is 9.36. The number of esters is 1. The van der Waals surface area contributed by atoms with Crippen molar-refractivity contribution >= 4 is 11.7 Å². The van der Waals surface area contributed by atoms with Crippen LogP contribution in [0.2, 0.25) is 0 Å². The molecule has 0 aliphatic carbocycles. The number of hydrogen-bond donors (Lipinski definition) is 1. The van der Waals surface area contributed by atoms with Crippen LogP contribution in [-0.2, 0) is 9.53 Å². The number of rotatable bonds is 9.